The van der Waals surface area contributed by atoms with Gasteiger partial charge in [-0.2, -0.15) is 4.57 Å². The highest BCUT2D eigenvalue weighted by Crippen LogP contribution is 2.07. The molecule has 0 saturated heterocycles. The third-order valence-electron chi connectivity index (χ3n) is 3.52. The van der Waals surface area contributed by atoms with Crippen LogP contribution in [0.25, 0.3) is 12.2 Å². The van der Waals surface area contributed by atoms with Gasteiger partial charge in [0.2, 0.25) is 5.56 Å². The van der Waals surface area contributed by atoms with Gasteiger partial charge >= 0.3 is 6.09 Å². The molecule has 3 rings (SSSR count). The molecule has 2 aromatic rings. The zero-order valence-corrected chi connectivity index (χ0v) is 15.6. The first-order valence-corrected chi connectivity index (χ1v) is 8.45. The Bertz CT molecular complexity index is 1200. The maximum atomic E-state index is 12.8. The van der Waals surface area contributed by atoms with Gasteiger partial charge < -0.3 is 14.7 Å². The molecule has 144 valence electrons. The van der Waals surface area contributed by atoms with E-state index in [4.69, 9.17) is 4.74 Å². The van der Waals surface area contributed by atoms with Crippen LogP contribution in [-0.2, 0) is 4.74 Å². The normalized spacial score (nSPS) is 16.3. The molecule has 9 nitrogen and oxygen atoms in total. The summed E-state index contributed by atoms with van der Waals surface area (Å²) < 4.78 is 6.25. The molecule has 0 bridgehead atoms. The number of nitrogens with one attached hydrogen (secondary N) is 2. The minimum atomic E-state index is -0.803. The lowest BCUT2D eigenvalue weighted by Gasteiger charge is -2.18. The lowest BCUT2D eigenvalue weighted by Crippen LogP contribution is -2.40. The van der Waals surface area contributed by atoms with Crippen molar-refractivity contribution in [2.45, 2.75) is 26.4 Å². The van der Waals surface area contributed by atoms with Crippen molar-refractivity contribution in [2.24, 2.45) is 9.98 Å². The molecule has 28 heavy (non-hydrogen) atoms. The van der Waals surface area contributed by atoms with Gasteiger partial charge in [-0.1, -0.05) is 0 Å². The fraction of sp³-hybridized carbons (Fsp3) is 0.211. The Hall–Kier alpha value is -3.75. The number of carbonyl (C=O) groups is 1. The van der Waals surface area contributed by atoms with Crippen molar-refractivity contribution in [2.75, 3.05) is 0 Å². The number of rotatable bonds is 2. The Kier molecular flexibility index (Phi) is 5.08. The Morgan fingerprint density at radius 2 is 2.00 bits per heavy atom. The number of aromatic nitrogens is 3. The van der Waals surface area contributed by atoms with Crippen LogP contribution in [0.3, 0.4) is 0 Å². The first kappa shape index (κ1) is 19.0. The van der Waals surface area contributed by atoms with E-state index >= 15 is 0 Å². The quantitative estimate of drug-likeness (QED) is 0.774. The van der Waals surface area contributed by atoms with E-state index in [1.807, 2.05) is 0 Å². The molecule has 9 heteroatoms. The van der Waals surface area contributed by atoms with Gasteiger partial charge in [0.15, 0.2) is 0 Å². The topological polar surface area (TPSA) is 122 Å². The number of hydrogen-bond donors (Lipinski definition) is 2. The third-order valence-corrected chi connectivity index (χ3v) is 3.52. The summed E-state index contributed by atoms with van der Waals surface area (Å²) in [5.74, 6) is 0. The summed E-state index contributed by atoms with van der Waals surface area (Å²) in [7, 11) is 0. The van der Waals surface area contributed by atoms with Crippen molar-refractivity contribution in [3.05, 3.63) is 67.2 Å². The molecule has 0 amide bonds. The van der Waals surface area contributed by atoms with E-state index in [9.17, 15) is 14.4 Å². The largest absolute Gasteiger partial charge is 0.443 e. The second kappa shape index (κ2) is 7.47. The SMILES string of the molecule is CC(C)(C)OC(=O)n1c(=CC=C2C=NC=N2)[nH]/c(=C\c2ccc(=O)[nH]c2)c1=O. The van der Waals surface area contributed by atoms with E-state index in [2.05, 4.69) is 20.0 Å². The van der Waals surface area contributed by atoms with Crippen LogP contribution >= 0.6 is 0 Å². The van der Waals surface area contributed by atoms with Crippen LogP contribution in [0.2, 0.25) is 0 Å². The smallest absolute Gasteiger partial charge is 0.423 e. The number of hydrogen-bond acceptors (Lipinski definition) is 6. The molecule has 2 aromatic heterocycles. The van der Waals surface area contributed by atoms with Crippen LogP contribution < -0.4 is 21.9 Å². The van der Waals surface area contributed by atoms with Crippen molar-refractivity contribution in [1.29, 1.82) is 0 Å². The highest BCUT2D eigenvalue weighted by Gasteiger charge is 2.20. The Morgan fingerprint density at radius 3 is 2.61 bits per heavy atom. The van der Waals surface area contributed by atoms with Crippen LogP contribution in [0.1, 0.15) is 26.3 Å². The highest BCUT2D eigenvalue weighted by atomic mass is 16.6. The molecule has 0 atom stereocenters. The lowest BCUT2D eigenvalue weighted by atomic mass is 10.2. The first-order valence-electron chi connectivity index (χ1n) is 8.45. The summed E-state index contributed by atoms with van der Waals surface area (Å²) >= 11 is 0. The van der Waals surface area contributed by atoms with Crippen LogP contribution in [0.5, 0.6) is 0 Å². The summed E-state index contributed by atoms with van der Waals surface area (Å²) in [5.41, 5.74) is -0.217. The Morgan fingerprint density at radius 1 is 1.21 bits per heavy atom. The average Bonchev–Trinajstić information content (AvgIpc) is 3.22. The molecule has 0 radical (unpaired) electrons. The molecule has 0 saturated carbocycles. The van der Waals surface area contributed by atoms with Gasteiger partial charge in [-0.15, -0.1) is 0 Å². The maximum absolute atomic E-state index is 12.8. The van der Waals surface area contributed by atoms with Gasteiger partial charge in [-0.05, 0) is 50.6 Å². The van der Waals surface area contributed by atoms with E-state index in [0.717, 1.165) is 4.57 Å². The van der Waals surface area contributed by atoms with Gasteiger partial charge in [-0.25, -0.2) is 14.8 Å². The van der Waals surface area contributed by atoms with Gasteiger partial charge in [0.05, 0.1) is 11.9 Å². The van der Waals surface area contributed by atoms with E-state index in [1.54, 1.807) is 45.2 Å². The van der Waals surface area contributed by atoms with Crippen molar-refractivity contribution in [3.8, 4) is 0 Å². The van der Waals surface area contributed by atoms with Gasteiger partial charge in [-0.3, -0.25) is 9.59 Å². The van der Waals surface area contributed by atoms with E-state index in [1.165, 1.54) is 24.7 Å². The molecule has 2 N–H and O–H groups in total. The number of imidazole rings is 1. The number of carbonyl (C=O) groups excluding carboxylic acids is 1. The summed E-state index contributed by atoms with van der Waals surface area (Å²) in [6.07, 6.45) is 8.28. The zero-order chi connectivity index (χ0) is 20.3. The Labute approximate surface area is 159 Å². The van der Waals surface area contributed by atoms with Gasteiger partial charge in [0.25, 0.3) is 5.56 Å². The molecule has 1 aliphatic rings. The molecular weight excluding hydrogens is 362 g/mol. The van der Waals surface area contributed by atoms with Crippen molar-refractivity contribution in [3.63, 3.8) is 0 Å². The predicted octanol–water partition coefficient (Wildman–Crippen LogP) is 0.254. The number of pyridine rings is 1. The van der Waals surface area contributed by atoms with E-state index in [0.29, 0.717) is 11.3 Å². The molecule has 0 unspecified atom stereocenters. The average molecular weight is 381 g/mol. The number of nitrogens with zero attached hydrogens (tertiary/aromatic N) is 3. The van der Waals surface area contributed by atoms with Crippen LogP contribution in [0.15, 0.2) is 49.7 Å². The molecule has 0 aliphatic carbocycles. The van der Waals surface area contributed by atoms with Gasteiger partial charge in [0, 0.05) is 12.3 Å². The van der Waals surface area contributed by atoms with Crippen molar-refractivity contribution < 1.29 is 9.53 Å². The van der Waals surface area contributed by atoms with Crippen LogP contribution in [-0.4, -0.2) is 38.8 Å². The fourth-order valence-corrected chi connectivity index (χ4v) is 2.35. The zero-order valence-electron chi connectivity index (χ0n) is 15.6. The lowest BCUT2D eigenvalue weighted by molar-refractivity contribution is 0.0526. The molecule has 0 spiro atoms. The highest BCUT2D eigenvalue weighted by molar-refractivity contribution is 5.92. The Balaban J connectivity index is 2.16. The summed E-state index contributed by atoms with van der Waals surface area (Å²) in [4.78, 5) is 49.9. The number of aliphatic imine (C=N–C) groups is 2. The van der Waals surface area contributed by atoms with Crippen LogP contribution in [0, 0.1) is 0 Å². The predicted molar refractivity (Wildman–Crippen MR) is 106 cm³/mol. The number of allylic oxidation sites excluding steroid dienone is 2. The maximum Gasteiger partial charge on any atom is 0.423 e. The summed E-state index contributed by atoms with van der Waals surface area (Å²) in [5, 5.41) is 0.158. The second-order valence-electron chi connectivity index (χ2n) is 6.96. The third kappa shape index (κ3) is 4.50. The van der Waals surface area contributed by atoms with E-state index < -0.39 is 17.3 Å². The second-order valence-corrected chi connectivity index (χ2v) is 6.96. The molecule has 3 heterocycles. The minimum Gasteiger partial charge on any atom is -0.443 e. The minimum absolute atomic E-state index is 0.158. The molecule has 1 aliphatic heterocycles. The van der Waals surface area contributed by atoms with E-state index in [-0.39, 0.29) is 16.4 Å². The van der Waals surface area contributed by atoms with Crippen LogP contribution in [0.4, 0.5) is 4.79 Å². The fourth-order valence-electron chi connectivity index (χ4n) is 2.35. The van der Waals surface area contributed by atoms with Crippen molar-refractivity contribution >= 4 is 30.8 Å². The number of H-pyrrole nitrogens is 2. The van der Waals surface area contributed by atoms with Gasteiger partial charge in [0.1, 0.15) is 22.8 Å². The summed E-state index contributed by atoms with van der Waals surface area (Å²) in [6, 6.07) is 2.90. The van der Waals surface area contributed by atoms with Crippen molar-refractivity contribution in [1.82, 2.24) is 14.5 Å². The number of aromatic amines is 2. The molecule has 0 fully saturated rings. The number of ether oxygens (including phenoxy) is 1. The molecule has 0 aromatic carbocycles. The standard InChI is InChI=1S/C19H19N5O4/c1-19(2,3)28-18(27)24-15(6-5-13-10-20-11-22-13)23-14(17(24)26)8-12-4-7-16(25)21-9-12/h4-11,23H,1-3H3,(H,21,25)/b13-5?,14-8-,15-6?. The first-order chi connectivity index (χ1) is 13.2. The summed E-state index contributed by atoms with van der Waals surface area (Å²) in [6.45, 7) is 5.14. The monoisotopic (exact) mass is 381 g/mol. The molecular formula is C19H19N5O4.